The fourth-order valence-corrected chi connectivity index (χ4v) is 1.46. The van der Waals surface area contributed by atoms with Crippen molar-refractivity contribution < 1.29 is 8.76 Å². The molecular weight excluding hydrogens is 140 g/mol. The normalized spacial score (nSPS) is 32.9. The molecule has 0 bridgehead atoms. The van der Waals surface area contributed by atoms with Crippen molar-refractivity contribution in [2.75, 3.05) is 13.1 Å². The zero-order valence-electron chi connectivity index (χ0n) is 4.95. The maximum absolute atomic E-state index is 10.2. The lowest BCUT2D eigenvalue weighted by molar-refractivity contribution is 0.435. The predicted octanol–water partition coefficient (Wildman–Crippen LogP) is -1.19. The van der Waals surface area contributed by atoms with E-state index < -0.39 is 11.3 Å². The Bertz CT molecular complexity index is 130. The van der Waals surface area contributed by atoms with E-state index in [1.807, 2.05) is 0 Å². The van der Waals surface area contributed by atoms with Crippen molar-refractivity contribution >= 4 is 11.3 Å². The molecule has 2 atom stereocenters. The van der Waals surface area contributed by atoms with E-state index in [4.69, 9.17) is 5.73 Å². The van der Waals surface area contributed by atoms with E-state index in [1.54, 1.807) is 0 Å². The lowest BCUT2D eigenvalue weighted by Crippen LogP contribution is -2.27. The highest BCUT2D eigenvalue weighted by molar-refractivity contribution is 7.76. The second kappa shape index (κ2) is 2.74. The highest BCUT2D eigenvalue weighted by Gasteiger charge is 2.18. The van der Waals surface area contributed by atoms with E-state index in [9.17, 15) is 8.76 Å². The molecule has 0 saturated carbocycles. The molecular formula is C4H9N2O2S-. The second-order valence-corrected chi connectivity index (χ2v) is 3.10. The van der Waals surface area contributed by atoms with Crippen LogP contribution in [0.3, 0.4) is 0 Å². The summed E-state index contributed by atoms with van der Waals surface area (Å²) in [7, 11) is 0. The van der Waals surface area contributed by atoms with Crippen LogP contribution in [0.4, 0.5) is 0 Å². The molecule has 4 nitrogen and oxygen atoms in total. The first kappa shape index (κ1) is 7.14. The molecule has 0 radical (unpaired) electrons. The molecule has 1 saturated heterocycles. The first-order chi connectivity index (χ1) is 4.20. The van der Waals surface area contributed by atoms with Gasteiger partial charge in [0.2, 0.25) is 0 Å². The van der Waals surface area contributed by atoms with Gasteiger partial charge < -0.3 is 10.3 Å². The Labute approximate surface area is 56.4 Å². The maximum atomic E-state index is 10.2. The third-order valence-corrected chi connectivity index (χ3v) is 2.15. The van der Waals surface area contributed by atoms with E-state index in [0.29, 0.717) is 13.1 Å². The van der Waals surface area contributed by atoms with Gasteiger partial charge in [-0.1, -0.05) is 0 Å². The van der Waals surface area contributed by atoms with Gasteiger partial charge in [0.1, 0.15) is 0 Å². The highest BCUT2D eigenvalue weighted by atomic mass is 32.2. The molecule has 5 heteroatoms. The van der Waals surface area contributed by atoms with Crippen molar-refractivity contribution in [3.63, 3.8) is 0 Å². The minimum absolute atomic E-state index is 0.0444. The molecule has 1 aliphatic rings. The molecule has 0 aromatic carbocycles. The number of hydrogen-bond acceptors (Lipinski definition) is 3. The van der Waals surface area contributed by atoms with Crippen molar-refractivity contribution in [1.82, 2.24) is 4.31 Å². The molecule has 1 rings (SSSR count). The summed E-state index contributed by atoms with van der Waals surface area (Å²) in [5.74, 6) is 0. The van der Waals surface area contributed by atoms with Crippen LogP contribution < -0.4 is 5.73 Å². The van der Waals surface area contributed by atoms with Crippen LogP contribution in [0, 0.1) is 0 Å². The summed E-state index contributed by atoms with van der Waals surface area (Å²) in [4.78, 5) is 0. The van der Waals surface area contributed by atoms with Crippen LogP contribution in [0.5, 0.6) is 0 Å². The predicted molar refractivity (Wildman–Crippen MR) is 33.1 cm³/mol. The van der Waals surface area contributed by atoms with Gasteiger partial charge >= 0.3 is 0 Å². The zero-order chi connectivity index (χ0) is 6.85. The molecule has 2 unspecified atom stereocenters. The maximum Gasteiger partial charge on any atom is 0.0254 e. The SMILES string of the molecule is NC1CCN(S(=O)[O-])C1. The number of nitrogens with zero attached hydrogens (tertiary/aromatic N) is 1. The Balaban J connectivity index is 2.39. The Kier molecular flexibility index (Phi) is 2.18. The van der Waals surface area contributed by atoms with Crippen LogP contribution >= 0.6 is 0 Å². The largest absolute Gasteiger partial charge is 0.760 e. The molecule has 1 fully saturated rings. The van der Waals surface area contributed by atoms with Gasteiger partial charge in [-0.2, -0.15) is 0 Å². The molecule has 9 heavy (non-hydrogen) atoms. The Hall–Kier alpha value is 0.0300. The zero-order valence-corrected chi connectivity index (χ0v) is 5.76. The third kappa shape index (κ3) is 1.72. The molecule has 0 amide bonds. The van der Waals surface area contributed by atoms with E-state index >= 15 is 0 Å². The highest BCUT2D eigenvalue weighted by Crippen LogP contribution is 2.07. The summed E-state index contributed by atoms with van der Waals surface area (Å²) < 4.78 is 21.8. The summed E-state index contributed by atoms with van der Waals surface area (Å²) in [6.45, 7) is 1.06. The van der Waals surface area contributed by atoms with Crippen LogP contribution in [0.2, 0.25) is 0 Å². The van der Waals surface area contributed by atoms with E-state index in [1.165, 1.54) is 4.31 Å². The van der Waals surface area contributed by atoms with Gasteiger partial charge in [-0.3, -0.25) is 4.21 Å². The number of hydrogen-bond donors (Lipinski definition) is 1. The lowest BCUT2D eigenvalue weighted by atomic mass is 10.3. The van der Waals surface area contributed by atoms with Gasteiger partial charge in [0.15, 0.2) is 0 Å². The Morgan fingerprint density at radius 3 is 2.67 bits per heavy atom. The third-order valence-electron chi connectivity index (χ3n) is 1.40. The average Bonchev–Trinajstić information content (AvgIpc) is 2.14. The van der Waals surface area contributed by atoms with Crippen LogP contribution in [-0.2, 0) is 11.3 Å². The van der Waals surface area contributed by atoms with E-state index in [0.717, 1.165) is 6.42 Å². The Morgan fingerprint density at radius 1 is 1.78 bits per heavy atom. The van der Waals surface area contributed by atoms with Gasteiger partial charge in [0, 0.05) is 30.4 Å². The van der Waals surface area contributed by atoms with Crippen LogP contribution in [-0.4, -0.2) is 32.2 Å². The van der Waals surface area contributed by atoms with Crippen LogP contribution in [0.25, 0.3) is 0 Å². The van der Waals surface area contributed by atoms with Crippen molar-refractivity contribution in [2.24, 2.45) is 5.73 Å². The minimum Gasteiger partial charge on any atom is -0.760 e. The van der Waals surface area contributed by atoms with Gasteiger partial charge in [0.25, 0.3) is 0 Å². The summed E-state index contributed by atoms with van der Waals surface area (Å²) in [5.41, 5.74) is 5.45. The number of nitrogens with two attached hydrogens (primary N) is 1. The first-order valence-electron chi connectivity index (χ1n) is 2.80. The quantitative estimate of drug-likeness (QED) is 0.477. The van der Waals surface area contributed by atoms with Crippen LogP contribution in [0.1, 0.15) is 6.42 Å². The van der Waals surface area contributed by atoms with Gasteiger partial charge in [0.05, 0.1) is 0 Å². The fourth-order valence-electron chi connectivity index (χ4n) is 0.889. The second-order valence-electron chi connectivity index (χ2n) is 2.15. The molecule has 0 aliphatic carbocycles. The standard InChI is InChI=1S/C4H10N2O2S/c5-4-1-2-6(3-4)9(7)8/h4H,1-3,5H2,(H,7,8)/p-1. The van der Waals surface area contributed by atoms with Crippen molar-refractivity contribution in [3.05, 3.63) is 0 Å². The van der Waals surface area contributed by atoms with Crippen molar-refractivity contribution in [2.45, 2.75) is 12.5 Å². The average molecular weight is 149 g/mol. The molecule has 1 aliphatic heterocycles. The van der Waals surface area contributed by atoms with E-state index in [2.05, 4.69) is 0 Å². The molecule has 54 valence electrons. The molecule has 1 heterocycles. The Morgan fingerprint density at radius 2 is 2.44 bits per heavy atom. The smallest absolute Gasteiger partial charge is 0.0254 e. The van der Waals surface area contributed by atoms with Gasteiger partial charge in [-0.25, -0.2) is 4.31 Å². The van der Waals surface area contributed by atoms with Crippen molar-refractivity contribution in [1.29, 1.82) is 0 Å². The van der Waals surface area contributed by atoms with Gasteiger partial charge in [-0.05, 0) is 6.42 Å². The van der Waals surface area contributed by atoms with Crippen molar-refractivity contribution in [3.8, 4) is 0 Å². The number of rotatable bonds is 1. The summed E-state index contributed by atoms with van der Waals surface area (Å²) in [6.07, 6.45) is 0.786. The fraction of sp³-hybridized carbons (Fsp3) is 1.00. The molecule has 0 aromatic heterocycles. The summed E-state index contributed by atoms with van der Waals surface area (Å²) in [6, 6.07) is 0.0444. The topological polar surface area (TPSA) is 69.4 Å². The monoisotopic (exact) mass is 149 g/mol. The lowest BCUT2D eigenvalue weighted by Gasteiger charge is -2.16. The van der Waals surface area contributed by atoms with Crippen LogP contribution in [0.15, 0.2) is 0 Å². The molecule has 0 spiro atoms. The molecule has 0 aromatic rings. The summed E-state index contributed by atoms with van der Waals surface area (Å²) in [5, 5.41) is 0. The van der Waals surface area contributed by atoms with Gasteiger partial charge in [-0.15, -0.1) is 0 Å². The first-order valence-corrected chi connectivity index (χ1v) is 3.83. The molecule has 2 N–H and O–H groups in total. The van der Waals surface area contributed by atoms with E-state index in [-0.39, 0.29) is 6.04 Å². The minimum atomic E-state index is -2.06. The summed E-state index contributed by atoms with van der Waals surface area (Å²) >= 11 is -2.06.